The van der Waals surface area contributed by atoms with Crippen LogP contribution in [-0.4, -0.2) is 23.7 Å². The van der Waals surface area contributed by atoms with E-state index in [1.807, 2.05) is 0 Å². The van der Waals surface area contributed by atoms with Crippen molar-refractivity contribution < 1.29 is 28.9 Å². The third kappa shape index (κ3) is 3.73. The zero-order valence-corrected chi connectivity index (χ0v) is 15.8. The molecule has 2 aromatic carbocycles. The van der Waals surface area contributed by atoms with Crippen molar-refractivity contribution in [2.45, 2.75) is 25.9 Å². The van der Waals surface area contributed by atoms with Crippen LogP contribution in [0.1, 0.15) is 37.0 Å². The van der Waals surface area contributed by atoms with Crippen molar-refractivity contribution in [3.63, 3.8) is 0 Å². The first kappa shape index (κ1) is 18.4. The Bertz CT molecular complexity index is 846. The van der Waals surface area contributed by atoms with Crippen molar-refractivity contribution in [2.24, 2.45) is 0 Å². The van der Waals surface area contributed by atoms with E-state index in [4.69, 9.17) is 14.2 Å². The Morgan fingerprint density at radius 1 is 1.08 bits per heavy atom. The van der Waals surface area contributed by atoms with Crippen LogP contribution >= 0.6 is 15.9 Å². The summed E-state index contributed by atoms with van der Waals surface area (Å²) in [6, 6.07) is 10.2. The number of aliphatic hydroxyl groups is 1. The van der Waals surface area contributed by atoms with Gasteiger partial charge in [0.1, 0.15) is 21.7 Å². The second kappa shape index (κ2) is 7.47. The van der Waals surface area contributed by atoms with Gasteiger partial charge in [0, 0.05) is 25.3 Å². The fraction of sp³-hybridized carbons (Fsp3) is 0.263. The molecule has 7 heteroatoms. The van der Waals surface area contributed by atoms with Gasteiger partial charge in [0.25, 0.3) is 0 Å². The van der Waals surface area contributed by atoms with E-state index >= 15 is 0 Å². The molecule has 3 rings (SSSR count). The summed E-state index contributed by atoms with van der Waals surface area (Å²) in [6.07, 6.45) is -0.791. The molecular weight excluding hydrogens is 404 g/mol. The van der Waals surface area contributed by atoms with Gasteiger partial charge in [-0.25, -0.2) is 0 Å². The van der Waals surface area contributed by atoms with Gasteiger partial charge in [-0.05, 0) is 45.8 Å². The van der Waals surface area contributed by atoms with E-state index in [9.17, 15) is 14.7 Å². The average molecular weight is 421 g/mol. The molecule has 1 aliphatic rings. The summed E-state index contributed by atoms with van der Waals surface area (Å²) in [5.41, 5.74) is 1.47. The smallest absolute Gasteiger partial charge is 0.308 e. The lowest BCUT2D eigenvalue weighted by Crippen LogP contribution is -2.24. The zero-order valence-electron chi connectivity index (χ0n) is 14.2. The molecule has 0 aromatic heterocycles. The van der Waals surface area contributed by atoms with E-state index in [0.717, 1.165) is 5.56 Å². The molecule has 1 N–H and O–H groups in total. The van der Waals surface area contributed by atoms with Crippen LogP contribution in [0.2, 0.25) is 0 Å². The van der Waals surface area contributed by atoms with E-state index in [2.05, 4.69) is 15.9 Å². The fourth-order valence-corrected chi connectivity index (χ4v) is 3.43. The standard InChI is InChI=1S/C19H17BrO6/c1-10(21)25-13-5-3-12(4-6-13)15-9-24-19-14(18(15)23)7-8-16(17(19)20)26-11(2)22/h3-8,15,18,23H,9H2,1-2H3. The molecule has 0 spiro atoms. The maximum atomic E-state index is 11.2. The maximum absolute atomic E-state index is 11.2. The highest BCUT2D eigenvalue weighted by molar-refractivity contribution is 9.10. The Kier molecular flexibility index (Phi) is 5.29. The molecule has 6 nitrogen and oxygen atoms in total. The monoisotopic (exact) mass is 420 g/mol. The molecule has 0 aliphatic carbocycles. The lowest BCUT2D eigenvalue weighted by Gasteiger charge is -2.31. The summed E-state index contributed by atoms with van der Waals surface area (Å²) < 4.78 is 16.5. The molecule has 136 valence electrons. The number of ether oxygens (including phenoxy) is 3. The topological polar surface area (TPSA) is 82.1 Å². The molecule has 26 heavy (non-hydrogen) atoms. The first-order valence-corrected chi connectivity index (χ1v) is 8.76. The maximum Gasteiger partial charge on any atom is 0.308 e. The van der Waals surface area contributed by atoms with Crippen molar-refractivity contribution in [3.8, 4) is 17.2 Å². The molecule has 2 atom stereocenters. The number of fused-ring (bicyclic) bond motifs is 1. The van der Waals surface area contributed by atoms with Crippen molar-refractivity contribution in [1.82, 2.24) is 0 Å². The van der Waals surface area contributed by atoms with Crippen LogP contribution in [0.5, 0.6) is 17.2 Å². The second-order valence-corrected chi connectivity index (χ2v) is 6.71. The van der Waals surface area contributed by atoms with Crippen molar-refractivity contribution in [1.29, 1.82) is 0 Å². The van der Waals surface area contributed by atoms with Gasteiger partial charge in [-0.3, -0.25) is 9.59 Å². The van der Waals surface area contributed by atoms with Crippen LogP contribution in [0.4, 0.5) is 0 Å². The van der Waals surface area contributed by atoms with Crippen LogP contribution in [0.25, 0.3) is 0 Å². The summed E-state index contributed by atoms with van der Waals surface area (Å²) in [5, 5.41) is 10.8. The normalized spacial score (nSPS) is 18.5. The van der Waals surface area contributed by atoms with Gasteiger partial charge < -0.3 is 19.3 Å². The number of hydrogen-bond acceptors (Lipinski definition) is 6. The van der Waals surface area contributed by atoms with E-state index < -0.39 is 12.1 Å². The van der Waals surface area contributed by atoms with Crippen molar-refractivity contribution >= 4 is 27.9 Å². The number of carbonyl (C=O) groups is 2. The summed E-state index contributed by atoms with van der Waals surface area (Å²) in [7, 11) is 0. The third-order valence-corrected chi connectivity index (χ3v) is 4.77. The number of carbonyl (C=O) groups excluding carboxylic acids is 2. The first-order chi connectivity index (χ1) is 12.4. The largest absolute Gasteiger partial charge is 0.491 e. The number of rotatable bonds is 3. The van der Waals surface area contributed by atoms with Gasteiger partial charge in [-0.15, -0.1) is 0 Å². The molecule has 0 radical (unpaired) electrons. The molecule has 1 aliphatic heterocycles. The summed E-state index contributed by atoms with van der Waals surface area (Å²) in [6.45, 7) is 2.91. The minimum Gasteiger partial charge on any atom is -0.491 e. The number of hydrogen-bond donors (Lipinski definition) is 1. The Labute approximate surface area is 158 Å². The van der Waals surface area contributed by atoms with Gasteiger partial charge in [-0.2, -0.15) is 0 Å². The van der Waals surface area contributed by atoms with Gasteiger partial charge in [0.2, 0.25) is 0 Å². The van der Waals surface area contributed by atoms with E-state index in [0.29, 0.717) is 27.3 Å². The van der Waals surface area contributed by atoms with Crippen LogP contribution in [-0.2, 0) is 9.59 Å². The summed E-state index contributed by atoms with van der Waals surface area (Å²) >= 11 is 3.37. The minimum atomic E-state index is -0.791. The Morgan fingerprint density at radius 3 is 2.35 bits per heavy atom. The highest BCUT2D eigenvalue weighted by Crippen LogP contribution is 2.47. The van der Waals surface area contributed by atoms with Crippen LogP contribution < -0.4 is 14.2 Å². The SMILES string of the molecule is CC(=O)Oc1ccc(C2COc3c(ccc(OC(C)=O)c3Br)C2O)cc1. The van der Waals surface area contributed by atoms with Gasteiger partial charge in [-0.1, -0.05) is 12.1 Å². The van der Waals surface area contributed by atoms with Crippen LogP contribution in [0.15, 0.2) is 40.9 Å². The van der Waals surface area contributed by atoms with Gasteiger partial charge >= 0.3 is 11.9 Å². The fourth-order valence-electron chi connectivity index (χ4n) is 2.87. The Balaban J connectivity index is 1.85. The summed E-state index contributed by atoms with van der Waals surface area (Å²) in [5.74, 6) is 0.146. The van der Waals surface area contributed by atoms with Crippen molar-refractivity contribution in [2.75, 3.05) is 6.61 Å². The summed E-state index contributed by atoms with van der Waals surface area (Å²) in [4.78, 5) is 22.2. The molecule has 0 saturated carbocycles. The Morgan fingerprint density at radius 2 is 1.73 bits per heavy atom. The molecule has 0 fully saturated rings. The van der Waals surface area contributed by atoms with E-state index in [1.54, 1.807) is 36.4 Å². The lowest BCUT2D eigenvalue weighted by atomic mass is 9.87. The zero-order chi connectivity index (χ0) is 18.8. The van der Waals surface area contributed by atoms with E-state index in [-0.39, 0.29) is 18.5 Å². The first-order valence-electron chi connectivity index (χ1n) is 7.97. The molecule has 2 aromatic rings. The predicted octanol–water partition coefficient (Wildman–Crippen LogP) is 3.51. The van der Waals surface area contributed by atoms with Gasteiger partial charge in [0.05, 0.1) is 12.7 Å². The van der Waals surface area contributed by atoms with Crippen molar-refractivity contribution in [3.05, 3.63) is 52.0 Å². The molecule has 1 heterocycles. The average Bonchev–Trinajstić information content (AvgIpc) is 2.58. The number of aliphatic hydroxyl groups excluding tert-OH is 1. The number of benzene rings is 2. The number of esters is 2. The van der Waals surface area contributed by atoms with Crippen LogP contribution in [0, 0.1) is 0 Å². The Hall–Kier alpha value is -2.38. The minimum absolute atomic E-state index is 0.253. The van der Waals surface area contributed by atoms with Gasteiger partial charge in [0.15, 0.2) is 0 Å². The molecule has 0 amide bonds. The highest BCUT2D eigenvalue weighted by atomic mass is 79.9. The number of halogens is 1. The molecule has 0 saturated heterocycles. The lowest BCUT2D eigenvalue weighted by molar-refractivity contribution is -0.132. The predicted molar refractivity (Wildman–Crippen MR) is 96.4 cm³/mol. The molecular formula is C19H17BrO6. The second-order valence-electron chi connectivity index (χ2n) is 5.91. The third-order valence-electron chi connectivity index (χ3n) is 4.02. The highest BCUT2D eigenvalue weighted by Gasteiger charge is 2.33. The van der Waals surface area contributed by atoms with E-state index in [1.165, 1.54) is 13.8 Å². The molecule has 2 unspecified atom stereocenters. The van der Waals surface area contributed by atoms with Crippen LogP contribution in [0.3, 0.4) is 0 Å². The molecule has 0 bridgehead atoms. The quantitative estimate of drug-likeness (QED) is 0.604.